The van der Waals surface area contributed by atoms with Crippen LogP contribution in [0.2, 0.25) is 5.02 Å². The molecule has 24 heavy (non-hydrogen) atoms. The molecule has 2 aromatic rings. The minimum absolute atomic E-state index is 0.105. The molecule has 1 amide bonds. The van der Waals surface area contributed by atoms with E-state index in [4.69, 9.17) is 11.6 Å². The molecule has 0 atom stereocenters. The van der Waals surface area contributed by atoms with Gasteiger partial charge in [-0.25, -0.2) is 9.18 Å². The minimum atomic E-state index is -0.828. The number of methoxy groups -OCH3 is 1. The highest BCUT2D eigenvalue weighted by Gasteiger charge is 2.18. The van der Waals surface area contributed by atoms with Crippen molar-refractivity contribution in [3.05, 3.63) is 68.5 Å². The first-order valence-corrected chi connectivity index (χ1v) is 6.84. The van der Waals surface area contributed by atoms with Gasteiger partial charge in [0.05, 0.1) is 22.6 Å². The van der Waals surface area contributed by atoms with Crippen molar-refractivity contribution < 1.29 is 23.6 Å². The summed E-state index contributed by atoms with van der Waals surface area (Å²) in [4.78, 5) is 34.0. The van der Waals surface area contributed by atoms with Crippen LogP contribution in [-0.2, 0) is 4.74 Å². The number of esters is 1. The summed E-state index contributed by atoms with van der Waals surface area (Å²) in [6, 6.07) is 6.74. The molecule has 9 heteroatoms. The van der Waals surface area contributed by atoms with Gasteiger partial charge in [0.15, 0.2) is 0 Å². The monoisotopic (exact) mass is 352 g/mol. The van der Waals surface area contributed by atoms with Crippen LogP contribution in [0.4, 0.5) is 15.8 Å². The molecule has 2 rings (SSSR count). The largest absolute Gasteiger partial charge is 0.465 e. The first-order valence-electron chi connectivity index (χ1n) is 6.46. The number of nitrogens with one attached hydrogen (secondary N) is 1. The smallest absolute Gasteiger partial charge is 0.338 e. The third-order valence-corrected chi connectivity index (χ3v) is 3.30. The summed E-state index contributed by atoms with van der Waals surface area (Å²) in [5.74, 6) is -2.32. The topological polar surface area (TPSA) is 98.5 Å². The van der Waals surface area contributed by atoms with Crippen LogP contribution in [0.5, 0.6) is 0 Å². The molecule has 0 radical (unpaired) electrons. The minimum Gasteiger partial charge on any atom is -0.465 e. The van der Waals surface area contributed by atoms with Crippen LogP contribution in [0.15, 0.2) is 36.4 Å². The molecule has 0 fully saturated rings. The fraction of sp³-hybridized carbons (Fsp3) is 0.0667. The second-order valence-electron chi connectivity index (χ2n) is 4.60. The van der Waals surface area contributed by atoms with Crippen LogP contribution in [0.25, 0.3) is 0 Å². The average molecular weight is 353 g/mol. The van der Waals surface area contributed by atoms with E-state index < -0.39 is 28.3 Å². The Morgan fingerprint density at radius 3 is 2.46 bits per heavy atom. The van der Waals surface area contributed by atoms with Crippen LogP contribution in [0.3, 0.4) is 0 Å². The highest BCUT2D eigenvalue weighted by Crippen LogP contribution is 2.21. The lowest BCUT2D eigenvalue weighted by atomic mass is 10.1. The van der Waals surface area contributed by atoms with Gasteiger partial charge in [-0.2, -0.15) is 0 Å². The molecule has 0 aliphatic rings. The third kappa shape index (κ3) is 3.85. The van der Waals surface area contributed by atoms with Crippen LogP contribution in [0.1, 0.15) is 20.7 Å². The zero-order valence-electron chi connectivity index (χ0n) is 12.2. The number of nitro groups is 1. The summed E-state index contributed by atoms with van der Waals surface area (Å²) in [7, 11) is 1.11. The lowest BCUT2D eigenvalue weighted by Gasteiger charge is -2.07. The summed E-state index contributed by atoms with van der Waals surface area (Å²) in [6.45, 7) is 0. The molecule has 0 aliphatic carbocycles. The molecule has 0 spiro atoms. The van der Waals surface area contributed by atoms with Gasteiger partial charge in [-0.3, -0.25) is 14.9 Å². The van der Waals surface area contributed by atoms with Crippen molar-refractivity contribution in [3.63, 3.8) is 0 Å². The number of anilines is 1. The predicted octanol–water partition coefficient (Wildman–Crippen LogP) is 3.43. The van der Waals surface area contributed by atoms with Gasteiger partial charge in [0, 0.05) is 23.4 Å². The van der Waals surface area contributed by atoms with E-state index in [9.17, 15) is 24.1 Å². The molecule has 0 heterocycles. The number of amides is 1. The van der Waals surface area contributed by atoms with E-state index in [0.717, 1.165) is 31.4 Å². The normalized spacial score (nSPS) is 10.1. The second kappa shape index (κ2) is 7.05. The van der Waals surface area contributed by atoms with E-state index in [1.165, 1.54) is 12.1 Å². The van der Waals surface area contributed by atoms with Gasteiger partial charge in [-0.05, 0) is 24.3 Å². The van der Waals surface area contributed by atoms with Gasteiger partial charge < -0.3 is 10.1 Å². The van der Waals surface area contributed by atoms with E-state index in [1.807, 2.05) is 0 Å². The standard InChI is InChI=1S/C15H10ClFN2O5/c1-24-15(21)9-4-8(5-11(6-9)19(22)23)14(20)18-10-2-3-12(16)13(17)7-10/h2-7H,1H3,(H,18,20). The third-order valence-electron chi connectivity index (χ3n) is 2.99. The van der Waals surface area contributed by atoms with Crippen LogP contribution in [-0.4, -0.2) is 23.9 Å². The first-order chi connectivity index (χ1) is 11.3. The molecule has 7 nitrogen and oxygen atoms in total. The van der Waals surface area contributed by atoms with Crippen molar-refractivity contribution in [1.82, 2.24) is 0 Å². The fourth-order valence-electron chi connectivity index (χ4n) is 1.86. The maximum Gasteiger partial charge on any atom is 0.338 e. The Balaban J connectivity index is 2.37. The van der Waals surface area contributed by atoms with Crippen molar-refractivity contribution >= 4 is 34.9 Å². The molecular weight excluding hydrogens is 343 g/mol. The number of nitro benzene ring substituents is 1. The van der Waals surface area contributed by atoms with Gasteiger partial charge >= 0.3 is 5.97 Å². The Morgan fingerprint density at radius 1 is 1.21 bits per heavy atom. The number of benzene rings is 2. The maximum atomic E-state index is 13.4. The van der Waals surface area contributed by atoms with Crippen molar-refractivity contribution in [2.45, 2.75) is 0 Å². The highest BCUT2D eigenvalue weighted by molar-refractivity contribution is 6.30. The van der Waals surface area contributed by atoms with Gasteiger partial charge in [0.2, 0.25) is 0 Å². The van der Waals surface area contributed by atoms with Gasteiger partial charge in [-0.15, -0.1) is 0 Å². The number of carbonyl (C=O) groups is 2. The molecule has 0 saturated heterocycles. The summed E-state index contributed by atoms with van der Waals surface area (Å²) in [5, 5.41) is 13.2. The molecule has 0 unspecified atom stereocenters. The van der Waals surface area contributed by atoms with Crippen molar-refractivity contribution in [3.8, 4) is 0 Å². The Hall–Kier alpha value is -3.00. The SMILES string of the molecule is COC(=O)c1cc(C(=O)Nc2ccc(Cl)c(F)c2)cc([N+](=O)[O-])c1. The highest BCUT2D eigenvalue weighted by atomic mass is 35.5. The molecule has 0 bridgehead atoms. The number of non-ortho nitro benzene ring substituents is 1. The number of nitrogens with zero attached hydrogens (tertiary/aromatic N) is 1. The number of halogens is 2. The summed E-state index contributed by atoms with van der Waals surface area (Å²) in [5.41, 5.74) is -0.655. The first kappa shape index (κ1) is 17.4. The van der Waals surface area contributed by atoms with Gasteiger partial charge in [-0.1, -0.05) is 11.6 Å². The second-order valence-corrected chi connectivity index (χ2v) is 5.01. The quantitative estimate of drug-likeness (QED) is 0.516. The van der Waals surface area contributed by atoms with E-state index in [2.05, 4.69) is 10.1 Å². The van der Waals surface area contributed by atoms with E-state index in [-0.39, 0.29) is 21.8 Å². The Kier molecular flexibility index (Phi) is 5.10. The molecule has 2 aromatic carbocycles. The van der Waals surface area contributed by atoms with Gasteiger partial charge in [0.1, 0.15) is 5.82 Å². The molecule has 1 N–H and O–H groups in total. The average Bonchev–Trinajstić information content (AvgIpc) is 2.56. The van der Waals surface area contributed by atoms with E-state index in [0.29, 0.717) is 0 Å². The molecular formula is C15H10ClFN2O5. The number of hydrogen-bond donors (Lipinski definition) is 1. The van der Waals surface area contributed by atoms with E-state index in [1.54, 1.807) is 0 Å². The Labute approximate surface area is 140 Å². The van der Waals surface area contributed by atoms with Crippen molar-refractivity contribution in [2.24, 2.45) is 0 Å². The lowest BCUT2D eigenvalue weighted by Crippen LogP contribution is -2.14. The van der Waals surface area contributed by atoms with Crippen molar-refractivity contribution in [2.75, 3.05) is 12.4 Å². The van der Waals surface area contributed by atoms with Crippen molar-refractivity contribution in [1.29, 1.82) is 0 Å². The zero-order chi connectivity index (χ0) is 17.9. The van der Waals surface area contributed by atoms with Crippen LogP contribution >= 0.6 is 11.6 Å². The molecule has 0 aliphatic heterocycles. The Morgan fingerprint density at radius 2 is 1.88 bits per heavy atom. The molecule has 0 saturated carbocycles. The number of rotatable bonds is 4. The predicted molar refractivity (Wildman–Crippen MR) is 83.8 cm³/mol. The lowest BCUT2D eigenvalue weighted by molar-refractivity contribution is -0.384. The van der Waals surface area contributed by atoms with E-state index >= 15 is 0 Å². The Bertz CT molecular complexity index is 841. The van der Waals surface area contributed by atoms with Crippen LogP contribution in [0, 0.1) is 15.9 Å². The maximum absolute atomic E-state index is 13.4. The molecule has 0 aromatic heterocycles. The van der Waals surface area contributed by atoms with Gasteiger partial charge in [0.25, 0.3) is 11.6 Å². The summed E-state index contributed by atoms with van der Waals surface area (Å²) in [6.07, 6.45) is 0. The van der Waals surface area contributed by atoms with Crippen LogP contribution < -0.4 is 5.32 Å². The number of ether oxygens (including phenoxy) is 1. The molecule has 124 valence electrons. The number of carbonyl (C=O) groups excluding carboxylic acids is 2. The zero-order valence-corrected chi connectivity index (χ0v) is 13.0. The summed E-state index contributed by atoms with van der Waals surface area (Å²) >= 11 is 5.55. The fourth-order valence-corrected chi connectivity index (χ4v) is 1.98. The number of hydrogen-bond acceptors (Lipinski definition) is 5. The summed E-state index contributed by atoms with van der Waals surface area (Å²) < 4.78 is 17.9.